The van der Waals surface area contributed by atoms with Crippen molar-refractivity contribution >= 4 is 77.7 Å². The van der Waals surface area contributed by atoms with Crippen molar-refractivity contribution in [3.8, 4) is 11.5 Å². The number of nitrogens with zero attached hydrogens (tertiary/aromatic N) is 5. The molecule has 15 heteroatoms. The number of aryl methyl sites for hydroxylation is 2. The summed E-state index contributed by atoms with van der Waals surface area (Å²) in [5.74, 6) is 0.774. The fraction of sp³-hybridized carbons (Fsp3) is 0.405. The zero-order chi connectivity index (χ0) is 35.3. The zero-order valence-corrected chi connectivity index (χ0v) is 33.0. The average molecular weight is 779 g/mol. The first kappa shape index (κ1) is 44.3. The van der Waals surface area contributed by atoms with Gasteiger partial charge in [-0.05, 0) is 68.4 Å². The lowest BCUT2D eigenvalue weighted by Gasteiger charge is -2.44. The molecular formula is C37H50Cl3N7O5. The molecule has 1 saturated heterocycles. The van der Waals surface area contributed by atoms with E-state index in [4.69, 9.17) is 15.2 Å². The number of carbonyl (C=O) groups is 3. The zero-order valence-electron chi connectivity index (χ0n) is 30.5. The number of ether oxygens (including phenoxy) is 2. The molecule has 0 saturated carbocycles. The fourth-order valence-electron chi connectivity index (χ4n) is 6.32. The monoisotopic (exact) mass is 777 g/mol. The number of imidazole rings is 1. The van der Waals surface area contributed by atoms with Crippen LogP contribution in [0.15, 0.2) is 54.6 Å². The topological polar surface area (TPSA) is 135 Å². The number of amides is 2. The summed E-state index contributed by atoms with van der Waals surface area (Å²) in [5, 5.41) is 2.93. The van der Waals surface area contributed by atoms with Gasteiger partial charge >= 0.3 is 0 Å². The quantitative estimate of drug-likeness (QED) is 0.160. The number of likely N-dealkylation sites (N-methyl/N-ethyl adjacent to an activating group) is 1. The lowest BCUT2D eigenvalue weighted by molar-refractivity contribution is -0.146. The largest absolute Gasteiger partial charge is 0.495 e. The average Bonchev–Trinajstić information content (AvgIpc) is 3.45. The summed E-state index contributed by atoms with van der Waals surface area (Å²) >= 11 is 0. The Labute approximate surface area is 324 Å². The first-order valence-electron chi connectivity index (χ1n) is 16.7. The van der Waals surface area contributed by atoms with Crippen molar-refractivity contribution in [1.29, 1.82) is 0 Å². The number of carbonyl (C=O) groups excluding carboxylic acids is 3. The minimum atomic E-state index is -1.15. The fourth-order valence-corrected chi connectivity index (χ4v) is 6.32. The molecule has 1 aromatic heterocycles. The highest BCUT2D eigenvalue weighted by atomic mass is 35.5. The predicted molar refractivity (Wildman–Crippen MR) is 213 cm³/mol. The van der Waals surface area contributed by atoms with Crippen molar-refractivity contribution in [3.05, 3.63) is 77.1 Å². The van der Waals surface area contributed by atoms with Crippen LogP contribution in [0.4, 0.5) is 11.4 Å². The van der Waals surface area contributed by atoms with Gasteiger partial charge in [0.15, 0.2) is 6.29 Å². The van der Waals surface area contributed by atoms with Crippen LogP contribution in [0.25, 0.3) is 11.0 Å². The molecule has 2 amide bonds. The van der Waals surface area contributed by atoms with Gasteiger partial charge in [-0.1, -0.05) is 25.5 Å². The van der Waals surface area contributed by atoms with Crippen molar-refractivity contribution < 1.29 is 23.9 Å². The molecule has 52 heavy (non-hydrogen) atoms. The molecule has 4 aromatic rings. The van der Waals surface area contributed by atoms with E-state index in [1.807, 2.05) is 42.8 Å². The smallest absolute Gasteiger partial charge is 0.258 e. The summed E-state index contributed by atoms with van der Waals surface area (Å²) in [6, 6.07) is 15.8. The van der Waals surface area contributed by atoms with Crippen molar-refractivity contribution in [2.24, 2.45) is 12.8 Å². The number of aromatic nitrogens is 2. The SMILES string of the molecule is CCCCC(C=O)(Oc1cc(C)ccc1N(C)C(=O)c1ccc(NC(=O)c2cccc3nc(CN)n(C)c23)c(OC)c1)N1CCN(C)CC1.Cl.Cl.Cl. The summed E-state index contributed by atoms with van der Waals surface area (Å²) in [5.41, 5.74) is 8.69. The molecule has 1 aliphatic heterocycles. The number of methoxy groups -OCH3 is 1. The summed E-state index contributed by atoms with van der Waals surface area (Å²) in [6.45, 7) is 7.34. The van der Waals surface area contributed by atoms with Crippen LogP contribution in [0, 0.1) is 6.92 Å². The van der Waals surface area contributed by atoms with Crippen LogP contribution in [0.1, 0.15) is 58.3 Å². The minimum absolute atomic E-state index is 0. The Hall–Kier alpha value is -3.91. The van der Waals surface area contributed by atoms with Crippen LogP contribution >= 0.6 is 37.2 Å². The van der Waals surface area contributed by atoms with Crippen LogP contribution in [0.3, 0.4) is 0 Å². The third-order valence-electron chi connectivity index (χ3n) is 9.29. The van der Waals surface area contributed by atoms with Gasteiger partial charge in [0.05, 0.1) is 41.6 Å². The summed E-state index contributed by atoms with van der Waals surface area (Å²) < 4.78 is 14.2. The molecule has 1 atom stereocenters. The van der Waals surface area contributed by atoms with Crippen LogP contribution < -0.4 is 25.4 Å². The second-order valence-electron chi connectivity index (χ2n) is 12.6. The Kier molecular flexibility index (Phi) is 16.4. The molecule has 284 valence electrons. The summed E-state index contributed by atoms with van der Waals surface area (Å²) in [7, 11) is 7.06. The maximum atomic E-state index is 14.0. The standard InChI is InChI=1S/C37H47N7O5.3ClH/c1-7-8-16-37(24-45,44-19-17-41(3)18-20-44)49-32-21-25(2)12-15-30(32)42(4)36(47)26-13-14-28(31(22-26)48-6)40-35(46)27-10-9-11-29-34(27)43(5)33(23-38)39-29;;;/h9-15,21-22,24H,7-8,16-20,23,38H2,1-6H3,(H,40,46);3*1H. The van der Waals surface area contributed by atoms with Gasteiger partial charge in [0.1, 0.15) is 17.3 Å². The Morgan fingerprint density at radius 3 is 2.37 bits per heavy atom. The number of nitrogens with two attached hydrogens (primary N) is 1. The van der Waals surface area contributed by atoms with Crippen molar-refractivity contribution in [2.75, 3.05) is 57.6 Å². The Morgan fingerprint density at radius 1 is 1.02 bits per heavy atom. The van der Waals surface area contributed by atoms with E-state index in [9.17, 15) is 14.4 Å². The number of fused-ring (bicyclic) bond motifs is 1. The van der Waals surface area contributed by atoms with E-state index in [0.717, 1.165) is 37.8 Å². The molecule has 12 nitrogen and oxygen atoms in total. The molecule has 2 heterocycles. The Balaban J connectivity index is 0.00000312. The number of aldehydes is 1. The van der Waals surface area contributed by atoms with Gasteiger partial charge in [-0.3, -0.25) is 19.3 Å². The van der Waals surface area contributed by atoms with Gasteiger partial charge in [-0.15, -0.1) is 37.2 Å². The van der Waals surface area contributed by atoms with Crippen LogP contribution in [0.5, 0.6) is 11.5 Å². The number of halogens is 3. The van der Waals surface area contributed by atoms with Gasteiger partial charge < -0.3 is 34.9 Å². The van der Waals surface area contributed by atoms with Crippen molar-refractivity contribution in [3.63, 3.8) is 0 Å². The summed E-state index contributed by atoms with van der Waals surface area (Å²) in [4.78, 5) is 50.8. The van der Waals surface area contributed by atoms with Crippen molar-refractivity contribution in [2.45, 2.75) is 45.4 Å². The molecular weight excluding hydrogens is 729 g/mol. The number of para-hydroxylation sites is 1. The van der Waals surface area contributed by atoms with E-state index in [1.165, 1.54) is 12.0 Å². The first-order valence-corrected chi connectivity index (χ1v) is 16.7. The lowest BCUT2D eigenvalue weighted by atomic mass is 10.0. The highest BCUT2D eigenvalue weighted by molar-refractivity contribution is 6.13. The molecule has 0 aliphatic carbocycles. The highest BCUT2D eigenvalue weighted by Crippen LogP contribution is 2.36. The third kappa shape index (κ3) is 9.17. The molecule has 0 bridgehead atoms. The first-order chi connectivity index (χ1) is 23.5. The van der Waals surface area contributed by atoms with E-state index < -0.39 is 5.72 Å². The second kappa shape index (κ2) is 19.2. The van der Waals surface area contributed by atoms with Gasteiger partial charge in [0.2, 0.25) is 5.72 Å². The van der Waals surface area contributed by atoms with E-state index in [2.05, 4.69) is 34.1 Å². The van der Waals surface area contributed by atoms with Gasteiger partial charge in [-0.2, -0.15) is 0 Å². The van der Waals surface area contributed by atoms with E-state index >= 15 is 0 Å². The van der Waals surface area contributed by atoms with E-state index in [0.29, 0.717) is 70.4 Å². The number of anilines is 2. The number of nitrogens with one attached hydrogen (secondary N) is 1. The van der Waals surface area contributed by atoms with Crippen molar-refractivity contribution in [1.82, 2.24) is 19.4 Å². The molecule has 3 aromatic carbocycles. The number of hydrogen-bond acceptors (Lipinski definition) is 9. The van der Waals surface area contributed by atoms with Crippen LogP contribution in [-0.4, -0.2) is 90.6 Å². The van der Waals surface area contributed by atoms with Gasteiger partial charge in [0, 0.05) is 52.3 Å². The maximum absolute atomic E-state index is 14.0. The number of benzene rings is 3. The molecule has 3 N–H and O–H groups in total. The molecule has 0 radical (unpaired) electrons. The highest BCUT2D eigenvalue weighted by Gasteiger charge is 2.41. The predicted octanol–water partition coefficient (Wildman–Crippen LogP) is 5.85. The normalized spacial score (nSPS) is 14.2. The number of unbranched alkanes of at least 4 members (excludes halogenated alkanes) is 1. The second-order valence-corrected chi connectivity index (χ2v) is 12.6. The van der Waals surface area contributed by atoms with Crippen LogP contribution in [-0.2, 0) is 18.4 Å². The maximum Gasteiger partial charge on any atom is 0.258 e. The van der Waals surface area contributed by atoms with Crippen LogP contribution in [0.2, 0.25) is 0 Å². The Bertz CT molecular complexity index is 1850. The number of rotatable bonds is 13. The lowest BCUT2D eigenvalue weighted by Crippen LogP contribution is -2.60. The van der Waals surface area contributed by atoms with E-state index in [-0.39, 0.29) is 55.6 Å². The molecule has 1 fully saturated rings. The van der Waals surface area contributed by atoms with Gasteiger partial charge in [-0.25, -0.2) is 4.98 Å². The van der Waals surface area contributed by atoms with E-state index in [1.54, 1.807) is 37.4 Å². The number of hydrogen-bond donors (Lipinski definition) is 2. The van der Waals surface area contributed by atoms with Gasteiger partial charge in [0.25, 0.3) is 11.8 Å². The Morgan fingerprint density at radius 2 is 1.73 bits per heavy atom. The minimum Gasteiger partial charge on any atom is -0.495 e. The molecule has 1 unspecified atom stereocenters. The molecule has 5 rings (SSSR count). The third-order valence-corrected chi connectivity index (χ3v) is 9.29. The molecule has 0 spiro atoms. The molecule has 1 aliphatic rings. The number of piperazine rings is 1. The summed E-state index contributed by atoms with van der Waals surface area (Å²) in [6.07, 6.45) is 3.19.